The Balaban J connectivity index is 3.50. The molecule has 4 nitrogen and oxygen atoms in total. The van der Waals surface area contributed by atoms with Crippen molar-refractivity contribution >= 4 is 10.4 Å². The fourth-order valence-electron chi connectivity index (χ4n) is 1.98. The van der Waals surface area contributed by atoms with E-state index in [9.17, 15) is 8.42 Å². The molecular weight excluding hydrogens is 252 g/mol. The van der Waals surface area contributed by atoms with E-state index < -0.39 is 10.4 Å². The summed E-state index contributed by atoms with van der Waals surface area (Å²) in [6, 6.07) is 0. The highest BCUT2D eigenvalue weighted by Crippen LogP contribution is 2.16. The summed E-state index contributed by atoms with van der Waals surface area (Å²) in [5.74, 6) is 0.225. The van der Waals surface area contributed by atoms with Crippen LogP contribution in [0.2, 0.25) is 0 Å². The van der Waals surface area contributed by atoms with E-state index in [1.807, 2.05) is 6.92 Å². The average Bonchev–Trinajstić information content (AvgIpc) is 2.30. The molecule has 1 N–H and O–H groups in total. The third-order valence-electron chi connectivity index (χ3n) is 3.25. The Labute approximate surface area is 112 Å². The van der Waals surface area contributed by atoms with Gasteiger partial charge in [0, 0.05) is 0 Å². The Hall–Kier alpha value is -0.130. The van der Waals surface area contributed by atoms with Crippen molar-refractivity contribution in [1.82, 2.24) is 0 Å². The second-order valence-corrected chi connectivity index (χ2v) is 5.99. The van der Waals surface area contributed by atoms with Gasteiger partial charge in [-0.05, 0) is 12.3 Å². The highest BCUT2D eigenvalue weighted by Gasteiger charge is 2.11. The fourth-order valence-corrected chi connectivity index (χ4v) is 2.34. The quantitative estimate of drug-likeness (QED) is 0.434. The van der Waals surface area contributed by atoms with Gasteiger partial charge in [0.1, 0.15) is 0 Å². The molecule has 0 radical (unpaired) electrons. The van der Waals surface area contributed by atoms with Crippen molar-refractivity contribution in [2.75, 3.05) is 6.61 Å². The monoisotopic (exact) mass is 280 g/mol. The Morgan fingerprint density at radius 3 is 2.06 bits per heavy atom. The van der Waals surface area contributed by atoms with Gasteiger partial charge in [-0.15, -0.1) is 0 Å². The normalized spacial score (nSPS) is 13.7. The van der Waals surface area contributed by atoms with E-state index in [0.717, 1.165) is 19.3 Å². The molecule has 0 fully saturated rings. The zero-order valence-electron chi connectivity index (χ0n) is 11.7. The molecule has 0 aliphatic carbocycles. The molecule has 18 heavy (non-hydrogen) atoms. The lowest BCUT2D eigenvalue weighted by Gasteiger charge is -2.13. The molecule has 0 rings (SSSR count). The maximum Gasteiger partial charge on any atom is 0.397 e. The van der Waals surface area contributed by atoms with Gasteiger partial charge in [0.2, 0.25) is 0 Å². The second-order valence-electron chi connectivity index (χ2n) is 4.90. The minimum Gasteiger partial charge on any atom is -0.264 e. The van der Waals surface area contributed by atoms with Crippen LogP contribution in [-0.2, 0) is 14.6 Å². The van der Waals surface area contributed by atoms with E-state index in [4.69, 9.17) is 4.55 Å². The molecular formula is C13H28O4S. The third-order valence-corrected chi connectivity index (χ3v) is 3.68. The smallest absolute Gasteiger partial charge is 0.264 e. The molecule has 0 amide bonds. The van der Waals surface area contributed by atoms with Crippen molar-refractivity contribution in [3.05, 3.63) is 0 Å². The average molecular weight is 280 g/mol. The van der Waals surface area contributed by atoms with Crippen LogP contribution in [0.4, 0.5) is 0 Å². The first-order valence-electron chi connectivity index (χ1n) is 7.11. The van der Waals surface area contributed by atoms with Gasteiger partial charge in [0.25, 0.3) is 0 Å². The van der Waals surface area contributed by atoms with Crippen LogP contribution in [0.1, 0.15) is 71.6 Å². The van der Waals surface area contributed by atoms with Crippen molar-refractivity contribution in [1.29, 1.82) is 0 Å². The maximum atomic E-state index is 10.5. The predicted octanol–water partition coefficient (Wildman–Crippen LogP) is 3.97. The standard InChI is InChI=1S/C13H28O4S/c1-3-5-6-7-8-9-10-11-13(4-2)12-17-18(14,15)16/h13H,3-12H2,1-2H3,(H,14,15,16). The Kier molecular flexibility index (Phi) is 10.7. The van der Waals surface area contributed by atoms with E-state index in [0.29, 0.717) is 0 Å². The van der Waals surface area contributed by atoms with Crippen molar-refractivity contribution in [2.45, 2.75) is 71.6 Å². The van der Waals surface area contributed by atoms with Crippen molar-refractivity contribution in [3.8, 4) is 0 Å². The summed E-state index contributed by atoms with van der Waals surface area (Å²) in [6.45, 7) is 4.32. The predicted molar refractivity (Wildman–Crippen MR) is 73.9 cm³/mol. The lowest BCUT2D eigenvalue weighted by Crippen LogP contribution is -2.13. The van der Waals surface area contributed by atoms with Gasteiger partial charge in [0.15, 0.2) is 0 Å². The zero-order chi connectivity index (χ0) is 13.9. The first kappa shape index (κ1) is 17.9. The highest BCUT2D eigenvalue weighted by atomic mass is 32.3. The summed E-state index contributed by atoms with van der Waals surface area (Å²) >= 11 is 0. The number of unbranched alkanes of at least 4 members (excludes halogenated alkanes) is 6. The van der Waals surface area contributed by atoms with Gasteiger partial charge >= 0.3 is 10.4 Å². The van der Waals surface area contributed by atoms with Gasteiger partial charge in [-0.25, -0.2) is 4.18 Å². The molecule has 0 aromatic rings. The SMILES string of the molecule is CCCCCCCCCC(CC)COS(=O)(=O)O. The molecule has 1 unspecified atom stereocenters. The molecule has 0 saturated heterocycles. The molecule has 110 valence electrons. The van der Waals surface area contributed by atoms with E-state index in [1.165, 1.54) is 38.5 Å². The van der Waals surface area contributed by atoms with Crippen LogP contribution >= 0.6 is 0 Å². The van der Waals surface area contributed by atoms with Gasteiger partial charge in [-0.2, -0.15) is 8.42 Å². The topological polar surface area (TPSA) is 63.6 Å². The minimum atomic E-state index is -4.27. The van der Waals surface area contributed by atoms with Crippen LogP contribution < -0.4 is 0 Å². The molecule has 0 spiro atoms. The van der Waals surface area contributed by atoms with Crippen LogP contribution in [0.5, 0.6) is 0 Å². The lowest BCUT2D eigenvalue weighted by atomic mass is 9.99. The van der Waals surface area contributed by atoms with Crippen molar-refractivity contribution < 1.29 is 17.2 Å². The molecule has 0 aliphatic rings. The second kappa shape index (κ2) is 10.8. The number of hydrogen-bond donors (Lipinski definition) is 1. The van der Waals surface area contributed by atoms with Gasteiger partial charge in [-0.1, -0.05) is 65.2 Å². The lowest BCUT2D eigenvalue weighted by molar-refractivity contribution is 0.210. The summed E-state index contributed by atoms with van der Waals surface area (Å²) < 4.78 is 33.8. The first-order valence-corrected chi connectivity index (χ1v) is 8.48. The van der Waals surface area contributed by atoms with Gasteiger partial charge in [0.05, 0.1) is 6.61 Å². The van der Waals surface area contributed by atoms with Gasteiger partial charge in [-0.3, -0.25) is 4.55 Å². The summed E-state index contributed by atoms with van der Waals surface area (Å²) in [4.78, 5) is 0. The largest absolute Gasteiger partial charge is 0.397 e. The fraction of sp³-hybridized carbons (Fsp3) is 1.00. The summed E-state index contributed by atoms with van der Waals surface area (Å²) in [5.41, 5.74) is 0. The molecule has 0 aromatic carbocycles. The molecule has 0 saturated carbocycles. The van der Waals surface area contributed by atoms with E-state index in [-0.39, 0.29) is 12.5 Å². The molecule has 0 aromatic heterocycles. The maximum absolute atomic E-state index is 10.5. The van der Waals surface area contributed by atoms with Crippen molar-refractivity contribution in [2.24, 2.45) is 5.92 Å². The van der Waals surface area contributed by atoms with Crippen LogP contribution in [0.3, 0.4) is 0 Å². The Morgan fingerprint density at radius 1 is 1.00 bits per heavy atom. The van der Waals surface area contributed by atoms with Crippen LogP contribution in [0, 0.1) is 5.92 Å². The van der Waals surface area contributed by atoms with Crippen LogP contribution in [0.25, 0.3) is 0 Å². The Morgan fingerprint density at radius 2 is 1.56 bits per heavy atom. The van der Waals surface area contributed by atoms with E-state index >= 15 is 0 Å². The van der Waals surface area contributed by atoms with Crippen LogP contribution in [0.15, 0.2) is 0 Å². The molecule has 5 heteroatoms. The molecule has 1 atom stereocenters. The Bertz CT molecular complexity index is 275. The zero-order valence-corrected chi connectivity index (χ0v) is 12.5. The summed E-state index contributed by atoms with van der Waals surface area (Å²) in [7, 11) is -4.27. The number of rotatable bonds is 12. The van der Waals surface area contributed by atoms with Gasteiger partial charge < -0.3 is 0 Å². The van der Waals surface area contributed by atoms with Crippen LogP contribution in [-0.4, -0.2) is 19.6 Å². The van der Waals surface area contributed by atoms with E-state index in [1.54, 1.807) is 0 Å². The third kappa shape index (κ3) is 12.3. The van der Waals surface area contributed by atoms with Crippen molar-refractivity contribution in [3.63, 3.8) is 0 Å². The molecule has 0 heterocycles. The molecule has 0 aliphatic heterocycles. The highest BCUT2D eigenvalue weighted by molar-refractivity contribution is 7.80. The minimum absolute atomic E-state index is 0.102. The number of hydrogen-bond acceptors (Lipinski definition) is 3. The molecule has 0 bridgehead atoms. The summed E-state index contributed by atoms with van der Waals surface area (Å²) in [5, 5.41) is 0. The van der Waals surface area contributed by atoms with E-state index in [2.05, 4.69) is 11.1 Å². The summed E-state index contributed by atoms with van der Waals surface area (Å²) in [6.07, 6.45) is 10.6. The first-order chi connectivity index (χ1) is 8.49.